The molecule has 0 rings (SSSR count). The first kappa shape index (κ1) is 50.2. The van der Waals surface area contributed by atoms with E-state index in [0.717, 1.165) is 77.0 Å². The molecule has 304 valence electrons. The number of unbranched alkanes of at least 4 members (excludes halogenated alkanes) is 15. The zero-order chi connectivity index (χ0) is 39.3. The zero-order valence-corrected chi connectivity index (χ0v) is 33.5. The van der Waals surface area contributed by atoms with Gasteiger partial charge in [0, 0.05) is 12.8 Å². The maximum Gasteiger partial charge on any atom is 0.472 e. The largest absolute Gasteiger partial charge is 0.480 e. The predicted octanol–water partition coefficient (Wildman–Crippen LogP) is 10.00. The van der Waals surface area contributed by atoms with Gasteiger partial charge < -0.3 is 25.2 Å². The van der Waals surface area contributed by atoms with Gasteiger partial charge in [-0.15, -0.1) is 0 Å². The Morgan fingerprint density at radius 2 is 1.08 bits per heavy atom. The van der Waals surface area contributed by atoms with Crippen molar-refractivity contribution in [2.45, 2.75) is 161 Å². The Bertz CT molecular complexity index is 1130. The number of phosphoric acid groups is 1. The van der Waals surface area contributed by atoms with E-state index in [9.17, 15) is 23.8 Å². The number of esters is 2. The van der Waals surface area contributed by atoms with Crippen molar-refractivity contribution in [1.29, 1.82) is 0 Å². The summed E-state index contributed by atoms with van der Waals surface area (Å²) in [5.41, 5.74) is 5.32. The number of carbonyl (C=O) groups is 3. The molecule has 0 amide bonds. The first-order valence-corrected chi connectivity index (χ1v) is 21.4. The third kappa shape index (κ3) is 36.0. The monoisotopic (exact) mass is 767 g/mol. The molecule has 3 atom stereocenters. The fraction of sp³-hybridized carbons (Fsp3) is 0.683. The normalized spacial score (nSPS) is 14.5. The van der Waals surface area contributed by atoms with Crippen molar-refractivity contribution < 1.29 is 47.5 Å². The van der Waals surface area contributed by atoms with E-state index in [2.05, 4.69) is 42.7 Å². The van der Waals surface area contributed by atoms with E-state index in [4.69, 9.17) is 24.8 Å². The van der Waals surface area contributed by atoms with Crippen molar-refractivity contribution in [1.82, 2.24) is 0 Å². The minimum Gasteiger partial charge on any atom is -0.480 e. The lowest BCUT2D eigenvalue weighted by Crippen LogP contribution is -2.34. The second-order valence-corrected chi connectivity index (χ2v) is 14.6. The van der Waals surface area contributed by atoms with E-state index in [-0.39, 0.29) is 19.4 Å². The topological polar surface area (TPSA) is 172 Å². The molecule has 1 unspecified atom stereocenters. The summed E-state index contributed by atoms with van der Waals surface area (Å²) in [7, 11) is -4.72. The molecule has 0 saturated heterocycles. The van der Waals surface area contributed by atoms with E-state index in [1.165, 1.54) is 32.1 Å². The van der Waals surface area contributed by atoms with Gasteiger partial charge in [0.15, 0.2) is 6.10 Å². The average Bonchev–Trinajstić information content (AvgIpc) is 3.13. The van der Waals surface area contributed by atoms with Crippen LogP contribution in [0.2, 0.25) is 0 Å². The van der Waals surface area contributed by atoms with Crippen molar-refractivity contribution in [2.75, 3.05) is 19.8 Å². The molecule has 0 aliphatic carbocycles. The third-order valence-electron chi connectivity index (χ3n) is 8.09. The number of allylic oxidation sites excluding steroid dienone is 10. The van der Waals surface area contributed by atoms with Crippen LogP contribution in [0.15, 0.2) is 60.8 Å². The summed E-state index contributed by atoms with van der Waals surface area (Å²) in [5.74, 6) is -2.43. The zero-order valence-electron chi connectivity index (χ0n) is 32.6. The van der Waals surface area contributed by atoms with Gasteiger partial charge in [-0.05, 0) is 57.8 Å². The molecule has 12 heteroatoms. The van der Waals surface area contributed by atoms with Crippen molar-refractivity contribution in [3.05, 3.63) is 60.8 Å². The number of carboxylic acids is 1. The number of rotatable bonds is 36. The van der Waals surface area contributed by atoms with Crippen molar-refractivity contribution in [3.8, 4) is 0 Å². The van der Waals surface area contributed by atoms with Crippen LogP contribution >= 0.6 is 7.82 Å². The molecule has 0 fully saturated rings. The second kappa shape index (κ2) is 36.2. The van der Waals surface area contributed by atoms with E-state index < -0.39 is 51.1 Å². The molecule has 0 bridgehead atoms. The third-order valence-corrected chi connectivity index (χ3v) is 9.04. The van der Waals surface area contributed by atoms with Crippen LogP contribution in [0, 0.1) is 0 Å². The quantitative estimate of drug-likeness (QED) is 0.0182. The molecule has 0 spiro atoms. The SMILES string of the molecule is CC/C=C/C=C/C=C/C=C/CCCCCCCC(=O)O[C@H](COC(=O)CCCCCCC/C=C/CCCCCCC)COP(=O)(O)OC[C@H](N)C(=O)O. The molecule has 0 aromatic carbocycles. The molecule has 0 saturated carbocycles. The first-order valence-electron chi connectivity index (χ1n) is 19.9. The molecule has 4 N–H and O–H groups in total. The van der Waals surface area contributed by atoms with Gasteiger partial charge in [0.25, 0.3) is 0 Å². The van der Waals surface area contributed by atoms with Gasteiger partial charge >= 0.3 is 25.7 Å². The number of aliphatic carboxylic acids is 1. The Morgan fingerprint density at radius 3 is 1.64 bits per heavy atom. The maximum atomic E-state index is 12.6. The summed E-state index contributed by atoms with van der Waals surface area (Å²) < 4.78 is 32.6. The van der Waals surface area contributed by atoms with E-state index in [1.54, 1.807) is 0 Å². The number of carboxylic acid groups (broad SMARTS) is 1. The van der Waals surface area contributed by atoms with Gasteiger partial charge in [-0.25, -0.2) is 4.57 Å². The lowest BCUT2D eigenvalue weighted by Gasteiger charge is -2.20. The summed E-state index contributed by atoms with van der Waals surface area (Å²) in [5, 5.41) is 8.87. The van der Waals surface area contributed by atoms with Gasteiger partial charge in [0.1, 0.15) is 12.6 Å². The highest BCUT2D eigenvalue weighted by molar-refractivity contribution is 7.47. The summed E-state index contributed by atoms with van der Waals surface area (Å²) in [6.07, 6.45) is 40.0. The van der Waals surface area contributed by atoms with Crippen molar-refractivity contribution in [2.24, 2.45) is 5.73 Å². The Labute approximate surface area is 319 Å². The van der Waals surface area contributed by atoms with Crippen molar-refractivity contribution in [3.63, 3.8) is 0 Å². The van der Waals surface area contributed by atoms with Crippen LogP contribution in [0.5, 0.6) is 0 Å². The molecule has 0 aromatic heterocycles. The molecular formula is C41H70NO10P. The van der Waals surface area contributed by atoms with E-state index in [0.29, 0.717) is 12.8 Å². The van der Waals surface area contributed by atoms with Crippen LogP contribution in [0.4, 0.5) is 0 Å². The first-order chi connectivity index (χ1) is 25.6. The summed E-state index contributed by atoms with van der Waals surface area (Å²) in [6.45, 7) is 2.60. The molecule has 0 heterocycles. The van der Waals surface area contributed by atoms with E-state index >= 15 is 0 Å². The van der Waals surface area contributed by atoms with Gasteiger partial charge in [-0.3, -0.25) is 23.4 Å². The summed E-state index contributed by atoms with van der Waals surface area (Å²) in [4.78, 5) is 45.8. The summed E-state index contributed by atoms with van der Waals surface area (Å²) in [6, 6.07) is -1.53. The number of ether oxygens (including phenoxy) is 2. The Kier molecular flexibility index (Phi) is 34.2. The molecule has 11 nitrogen and oxygen atoms in total. The Morgan fingerprint density at radius 1 is 0.604 bits per heavy atom. The van der Waals surface area contributed by atoms with Crippen LogP contribution in [-0.2, 0) is 37.5 Å². The standard InChI is InChI=1S/C41H70NO10P/c1-3-5-7-9-11-13-15-17-19-21-23-25-27-29-31-33-40(44)52-37(35-50-53(47,48)51-36-38(42)41(45)46)34-49-39(43)32-30-28-26-24-22-20-18-16-14-12-10-8-6-4-2/h5,7,9,11,13,15-19,37-38H,3-4,6,8,10,12,14,20-36,42H2,1-2H3,(H,45,46)(H,47,48)/b7-5+,11-9+,15-13+,18-16+,19-17+/t37-,38+/m1/s1. The fourth-order valence-corrected chi connectivity index (χ4v) is 5.73. The highest BCUT2D eigenvalue weighted by Crippen LogP contribution is 2.43. The van der Waals surface area contributed by atoms with Gasteiger partial charge in [0.2, 0.25) is 0 Å². The van der Waals surface area contributed by atoms with Gasteiger partial charge in [0.05, 0.1) is 13.2 Å². The predicted molar refractivity (Wildman–Crippen MR) is 212 cm³/mol. The van der Waals surface area contributed by atoms with Crippen LogP contribution in [0.3, 0.4) is 0 Å². The lowest BCUT2D eigenvalue weighted by atomic mass is 10.1. The highest BCUT2D eigenvalue weighted by Gasteiger charge is 2.28. The van der Waals surface area contributed by atoms with Crippen molar-refractivity contribution >= 4 is 25.7 Å². The lowest BCUT2D eigenvalue weighted by molar-refractivity contribution is -0.161. The number of hydrogen-bond donors (Lipinski definition) is 3. The molecule has 0 aliphatic rings. The number of nitrogens with two attached hydrogens (primary N) is 1. The smallest absolute Gasteiger partial charge is 0.472 e. The maximum absolute atomic E-state index is 12.6. The molecule has 0 aromatic rings. The molecule has 0 radical (unpaired) electrons. The van der Waals surface area contributed by atoms with Gasteiger partial charge in [-0.1, -0.05) is 139 Å². The number of hydrogen-bond acceptors (Lipinski definition) is 9. The summed E-state index contributed by atoms with van der Waals surface area (Å²) >= 11 is 0. The number of carbonyl (C=O) groups excluding carboxylic acids is 2. The van der Waals surface area contributed by atoms with Crippen LogP contribution < -0.4 is 5.73 Å². The molecule has 0 aliphatic heterocycles. The Balaban J connectivity index is 4.49. The highest BCUT2D eigenvalue weighted by atomic mass is 31.2. The minimum atomic E-state index is -4.72. The molecular weight excluding hydrogens is 697 g/mol. The van der Waals surface area contributed by atoms with Gasteiger partial charge in [-0.2, -0.15) is 0 Å². The van der Waals surface area contributed by atoms with Crippen LogP contribution in [-0.4, -0.2) is 59.9 Å². The fourth-order valence-electron chi connectivity index (χ4n) is 4.95. The Hall–Kier alpha value is -2.82. The molecule has 53 heavy (non-hydrogen) atoms. The number of phosphoric ester groups is 1. The second-order valence-electron chi connectivity index (χ2n) is 13.1. The minimum absolute atomic E-state index is 0.131. The van der Waals surface area contributed by atoms with Crippen LogP contribution in [0.25, 0.3) is 0 Å². The average molecular weight is 768 g/mol. The van der Waals surface area contributed by atoms with E-state index in [1.807, 2.05) is 36.5 Å². The van der Waals surface area contributed by atoms with Crippen LogP contribution in [0.1, 0.15) is 149 Å².